The molecule has 0 unspecified atom stereocenters. The second kappa shape index (κ2) is 4.44. The topological polar surface area (TPSA) is 42.9 Å². The summed E-state index contributed by atoms with van der Waals surface area (Å²) in [6, 6.07) is 3.01. The monoisotopic (exact) mass is 240 g/mol. The third kappa shape index (κ3) is 2.27. The van der Waals surface area contributed by atoms with Crippen LogP contribution in [0.3, 0.4) is 0 Å². The third-order valence-electron chi connectivity index (χ3n) is 2.01. The van der Waals surface area contributed by atoms with Crippen molar-refractivity contribution in [2.24, 2.45) is 0 Å². The Hall–Kier alpha value is -1.69. The molecule has 0 bridgehead atoms. The minimum absolute atomic E-state index is 0.0259. The van der Waals surface area contributed by atoms with Gasteiger partial charge in [0.1, 0.15) is 17.3 Å². The fraction of sp³-hybridized carbons (Fsp3) is 0.100. The van der Waals surface area contributed by atoms with E-state index in [-0.39, 0.29) is 23.5 Å². The lowest BCUT2D eigenvalue weighted by Gasteiger charge is -2.00. The van der Waals surface area contributed by atoms with Crippen molar-refractivity contribution in [3.05, 3.63) is 47.3 Å². The number of rotatable bonds is 3. The normalized spacial score (nSPS) is 10.4. The van der Waals surface area contributed by atoms with Crippen molar-refractivity contribution in [2.75, 3.05) is 0 Å². The van der Waals surface area contributed by atoms with Crippen LogP contribution in [-0.2, 0) is 6.42 Å². The van der Waals surface area contributed by atoms with Gasteiger partial charge in [-0.15, -0.1) is 0 Å². The maximum atomic E-state index is 13.2. The van der Waals surface area contributed by atoms with E-state index in [1.807, 2.05) is 0 Å². The van der Waals surface area contributed by atoms with E-state index in [9.17, 15) is 13.6 Å². The van der Waals surface area contributed by atoms with Crippen molar-refractivity contribution in [3.8, 4) is 0 Å². The number of carbonyl (C=O) groups is 1. The lowest BCUT2D eigenvalue weighted by atomic mass is 10.1. The van der Waals surface area contributed by atoms with Crippen molar-refractivity contribution in [3.63, 3.8) is 0 Å². The van der Waals surface area contributed by atoms with E-state index >= 15 is 0 Å². The summed E-state index contributed by atoms with van der Waals surface area (Å²) in [5.41, 5.74) is 0.201. The molecule has 6 heteroatoms. The smallest absolute Gasteiger partial charge is 0.188 e. The van der Waals surface area contributed by atoms with Gasteiger partial charge in [-0.25, -0.2) is 8.78 Å². The Labute approximate surface area is 94.1 Å². The number of benzene rings is 1. The van der Waals surface area contributed by atoms with Crippen molar-refractivity contribution in [1.29, 1.82) is 0 Å². The Balaban J connectivity index is 2.21. The van der Waals surface area contributed by atoms with Gasteiger partial charge in [-0.1, -0.05) is 0 Å². The maximum Gasteiger partial charge on any atom is 0.188 e. The Morgan fingerprint density at radius 3 is 2.88 bits per heavy atom. The number of Topliss-reactive ketones (excluding diaryl/α,β-unsaturated/α-hetero) is 1. The molecule has 1 aromatic carbocycles. The van der Waals surface area contributed by atoms with Gasteiger partial charge in [-0.05, 0) is 23.8 Å². The molecule has 82 valence electrons. The molecule has 16 heavy (non-hydrogen) atoms. The molecule has 0 aliphatic carbocycles. The van der Waals surface area contributed by atoms with Gasteiger partial charge < -0.3 is 0 Å². The van der Waals surface area contributed by atoms with Crippen molar-refractivity contribution >= 4 is 17.5 Å². The lowest BCUT2D eigenvalue weighted by Crippen LogP contribution is -2.05. The van der Waals surface area contributed by atoms with E-state index in [4.69, 9.17) is 0 Å². The first-order valence-corrected chi connectivity index (χ1v) is 5.14. The molecule has 2 aromatic rings. The molecular weight excluding hydrogens is 234 g/mol. The zero-order valence-electron chi connectivity index (χ0n) is 7.98. The second-order valence-electron chi connectivity index (χ2n) is 3.13. The quantitative estimate of drug-likeness (QED) is 0.773. The SMILES string of the molecule is O=C(Cc1cc(F)ccc1F)c1cnsn1. The first kappa shape index (κ1) is 10.8. The van der Waals surface area contributed by atoms with Crippen LogP contribution in [-0.4, -0.2) is 14.5 Å². The highest BCUT2D eigenvalue weighted by molar-refractivity contribution is 6.99. The van der Waals surface area contributed by atoms with Crippen LogP contribution in [0.4, 0.5) is 8.78 Å². The molecule has 0 saturated heterocycles. The van der Waals surface area contributed by atoms with Crippen molar-refractivity contribution in [2.45, 2.75) is 6.42 Å². The molecule has 0 N–H and O–H groups in total. The summed E-state index contributed by atoms with van der Waals surface area (Å²) in [6.45, 7) is 0. The highest BCUT2D eigenvalue weighted by Crippen LogP contribution is 2.12. The molecule has 1 heterocycles. The molecule has 2 rings (SSSR count). The summed E-state index contributed by atoms with van der Waals surface area (Å²) in [6.07, 6.45) is 1.10. The Morgan fingerprint density at radius 1 is 1.38 bits per heavy atom. The molecule has 0 aliphatic heterocycles. The summed E-state index contributed by atoms with van der Waals surface area (Å²) in [7, 11) is 0. The number of hydrogen-bond acceptors (Lipinski definition) is 4. The fourth-order valence-electron chi connectivity index (χ4n) is 1.23. The molecule has 0 atom stereocenters. The number of nitrogens with zero attached hydrogens (tertiary/aromatic N) is 2. The summed E-state index contributed by atoms with van der Waals surface area (Å²) in [5, 5.41) is 0. The first-order chi connectivity index (χ1) is 7.66. The number of aromatic nitrogens is 2. The molecule has 0 radical (unpaired) electrons. The van der Waals surface area contributed by atoms with Gasteiger partial charge in [0.05, 0.1) is 17.9 Å². The highest BCUT2D eigenvalue weighted by atomic mass is 32.1. The Morgan fingerprint density at radius 2 is 2.19 bits per heavy atom. The van der Waals surface area contributed by atoms with Gasteiger partial charge in [0.15, 0.2) is 5.78 Å². The average molecular weight is 240 g/mol. The van der Waals surface area contributed by atoms with Gasteiger partial charge in [0.2, 0.25) is 0 Å². The second-order valence-corrected chi connectivity index (χ2v) is 3.69. The lowest BCUT2D eigenvalue weighted by molar-refractivity contribution is 0.0988. The summed E-state index contributed by atoms with van der Waals surface area (Å²) in [5.74, 6) is -1.54. The predicted octanol–water partition coefficient (Wildman–Crippen LogP) is 2.24. The molecule has 0 saturated carbocycles. The molecular formula is C10H6F2N2OS. The first-order valence-electron chi connectivity index (χ1n) is 4.41. The standard InChI is InChI=1S/C10H6F2N2OS/c11-7-1-2-8(12)6(3-7)4-10(15)9-5-13-16-14-9/h1-3,5H,4H2. The van der Waals surface area contributed by atoms with Crippen molar-refractivity contribution < 1.29 is 13.6 Å². The van der Waals surface area contributed by atoms with Crippen LogP contribution < -0.4 is 0 Å². The number of hydrogen-bond donors (Lipinski definition) is 0. The zero-order valence-corrected chi connectivity index (χ0v) is 8.80. The van der Waals surface area contributed by atoms with Crippen LogP contribution in [0.1, 0.15) is 16.1 Å². The van der Waals surface area contributed by atoms with Crippen LogP contribution >= 0.6 is 11.7 Å². The molecule has 1 aromatic heterocycles. The number of carbonyl (C=O) groups excluding carboxylic acids is 1. The van der Waals surface area contributed by atoms with Crippen LogP contribution in [0, 0.1) is 11.6 Å². The van der Waals surface area contributed by atoms with E-state index in [1.54, 1.807) is 0 Å². The molecule has 0 amide bonds. The molecule has 3 nitrogen and oxygen atoms in total. The van der Waals surface area contributed by atoms with Crippen molar-refractivity contribution in [1.82, 2.24) is 8.75 Å². The third-order valence-corrected chi connectivity index (χ3v) is 2.48. The van der Waals surface area contributed by atoms with Crippen LogP contribution in [0.25, 0.3) is 0 Å². The summed E-state index contributed by atoms with van der Waals surface area (Å²) in [4.78, 5) is 11.6. The minimum Gasteiger partial charge on any atom is -0.292 e. The Bertz CT molecular complexity index is 514. The molecule has 0 aliphatic rings. The highest BCUT2D eigenvalue weighted by Gasteiger charge is 2.13. The van der Waals surface area contributed by atoms with Crippen LogP contribution in [0.2, 0.25) is 0 Å². The summed E-state index contributed by atoms with van der Waals surface area (Å²) < 4.78 is 33.5. The van der Waals surface area contributed by atoms with E-state index in [2.05, 4.69) is 8.75 Å². The summed E-state index contributed by atoms with van der Waals surface area (Å²) >= 11 is 0.897. The number of halogens is 2. The predicted molar refractivity (Wildman–Crippen MR) is 54.3 cm³/mol. The van der Waals surface area contributed by atoms with Gasteiger partial charge in [0.25, 0.3) is 0 Å². The van der Waals surface area contributed by atoms with Gasteiger partial charge in [-0.2, -0.15) is 8.75 Å². The van der Waals surface area contributed by atoms with E-state index < -0.39 is 11.6 Å². The van der Waals surface area contributed by atoms with E-state index in [0.717, 1.165) is 29.9 Å². The number of ketones is 1. The van der Waals surface area contributed by atoms with Crippen LogP contribution in [0.15, 0.2) is 24.4 Å². The molecule has 0 fully saturated rings. The largest absolute Gasteiger partial charge is 0.292 e. The van der Waals surface area contributed by atoms with E-state index in [0.29, 0.717) is 0 Å². The van der Waals surface area contributed by atoms with Gasteiger partial charge in [0, 0.05) is 6.42 Å². The van der Waals surface area contributed by atoms with Gasteiger partial charge >= 0.3 is 0 Å². The zero-order chi connectivity index (χ0) is 11.5. The van der Waals surface area contributed by atoms with Gasteiger partial charge in [-0.3, -0.25) is 4.79 Å². The van der Waals surface area contributed by atoms with Crippen LogP contribution in [0.5, 0.6) is 0 Å². The van der Waals surface area contributed by atoms with E-state index in [1.165, 1.54) is 6.20 Å². The molecule has 0 spiro atoms. The fourth-order valence-corrected chi connectivity index (χ4v) is 1.66. The Kier molecular flexibility index (Phi) is 3.00. The maximum absolute atomic E-state index is 13.2. The average Bonchev–Trinajstić information content (AvgIpc) is 2.76. The minimum atomic E-state index is -0.599.